The van der Waals surface area contributed by atoms with E-state index in [2.05, 4.69) is 5.32 Å². The van der Waals surface area contributed by atoms with Gasteiger partial charge in [0, 0.05) is 12.9 Å². The van der Waals surface area contributed by atoms with Gasteiger partial charge in [-0.05, 0) is 37.5 Å². The molecule has 0 bridgehead atoms. The van der Waals surface area contributed by atoms with Crippen molar-refractivity contribution in [2.75, 3.05) is 13.3 Å². The summed E-state index contributed by atoms with van der Waals surface area (Å²) in [5, 5.41) is 2.51. The van der Waals surface area contributed by atoms with Gasteiger partial charge in [-0.15, -0.1) is 0 Å². The first-order valence-electron chi connectivity index (χ1n) is 7.35. The molecule has 3 heteroatoms. The molecule has 0 unspecified atom stereocenters. The summed E-state index contributed by atoms with van der Waals surface area (Å²) in [6.07, 6.45) is 0.492. The standard InChI is InChI=1S/C12H17NO2/c1-3-13-9(2)6-10-4-5-11-12(7-10)15-8-14-11/h4-5,7,9,13H,3,6,8H2,1-2H3/t9-/m1/s1/i1D3,3D2. The van der Waals surface area contributed by atoms with E-state index in [4.69, 9.17) is 16.3 Å². The summed E-state index contributed by atoms with van der Waals surface area (Å²) in [5.74, 6) is 1.35. The second-order valence-corrected chi connectivity index (χ2v) is 3.56. The molecule has 0 saturated carbocycles. The van der Waals surface area contributed by atoms with Gasteiger partial charge < -0.3 is 14.8 Å². The predicted molar refractivity (Wildman–Crippen MR) is 59.4 cm³/mol. The van der Waals surface area contributed by atoms with Crippen molar-refractivity contribution in [3.8, 4) is 11.5 Å². The Balaban J connectivity index is 2.00. The SMILES string of the molecule is [2H]C([2H])([2H])C([2H])([2H])N[C@H](C)Cc1ccc2c(c1)OCO2. The van der Waals surface area contributed by atoms with Crippen LogP contribution in [0.4, 0.5) is 0 Å². The van der Waals surface area contributed by atoms with Gasteiger partial charge in [-0.3, -0.25) is 0 Å². The van der Waals surface area contributed by atoms with Crippen LogP contribution in [-0.4, -0.2) is 19.3 Å². The summed E-state index contributed by atoms with van der Waals surface area (Å²) in [6.45, 7) is -3.17. The molecule has 2 rings (SSSR count). The summed E-state index contributed by atoms with van der Waals surface area (Å²) in [5.41, 5.74) is 0.926. The maximum atomic E-state index is 7.54. The van der Waals surface area contributed by atoms with E-state index < -0.39 is 13.3 Å². The van der Waals surface area contributed by atoms with Crippen LogP contribution < -0.4 is 14.8 Å². The maximum Gasteiger partial charge on any atom is 0.231 e. The zero-order valence-electron chi connectivity index (χ0n) is 13.5. The van der Waals surface area contributed by atoms with E-state index in [1.165, 1.54) is 0 Å². The van der Waals surface area contributed by atoms with Crippen LogP contribution in [-0.2, 0) is 6.42 Å². The third-order valence-electron chi connectivity index (χ3n) is 2.30. The molecule has 1 aromatic rings. The molecule has 1 N–H and O–H groups in total. The molecule has 1 aromatic carbocycles. The fourth-order valence-electron chi connectivity index (χ4n) is 1.60. The Kier molecular flexibility index (Phi) is 1.74. The molecular weight excluding hydrogens is 190 g/mol. The number of hydrogen-bond acceptors (Lipinski definition) is 3. The van der Waals surface area contributed by atoms with Gasteiger partial charge in [-0.2, -0.15) is 0 Å². The van der Waals surface area contributed by atoms with Crippen LogP contribution in [0.2, 0.25) is 0 Å². The largest absolute Gasteiger partial charge is 0.454 e. The van der Waals surface area contributed by atoms with Crippen LogP contribution >= 0.6 is 0 Å². The fraction of sp³-hybridized carbons (Fsp3) is 0.500. The minimum atomic E-state index is -2.70. The topological polar surface area (TPSA) is 30.5 Å². The molecule has 0 spiro atoms. The van der Waals surface area contributed by atoms with E-state index in [1.807, 2.05) is 12.1 Å². The molecule has 0 aliphatic carbocycles. The lowest BCUT2D eigenvalue weighted by Crippen LogP contribution is -2.27. The van der Waals surface area contributed by atoms with Gasteiger partial charge in [0.05, 0.1) is 0 Å². The highest BCUT2D eigenvalue weighted by atomic mass is 16.7. The molecular formula is C12H17NO2. The number of nitrogens with one attached hydrogen (secondary N) is 1. The Hall–Kier alpha value is -1.22. The second-order valence-electron chi connectivity index (χ2n) is 3.56. The van der Waals surface area contributed by atoms with Gasteiger partial charge in [0.2, 0.25) is 6.79 Å². The fourth-order valence-corrected chi connectivity index (χ4v) is 1.60. The van der Waals surface area contributed by atoms with E-state index in [9.17, 15) is 0 Å². The predicted octanol–water partition coefficient (Wildman–Crippen LogP) is 1.96. The first kappa shape index (κ1) is 5.75. The summed E-state index contributed by atoms with van der Waals surface area (Å²) >= 11 is 0. The number of benzene rings is 1. The van der Waals surface area contributed by atoms with Crippen molar-refractivity contribution >= 4 is 0 Å². The normalized spacial score (nSPS) is 22.1. The Labute approximate surface area is 97.4 Å². The third-order valence-corrected chi connectivity index (χ3v) is 2.30. The Morgan fingerprint density at radius 1 is 1.53 bits per heavy atom. The summed E-state index contributed by atoms with van der Waals surface area (Å²) in [6, 6.07) is 5.15. The molecule has 0 saturated heterocycles. The lowest BCUT2D eigenvalue weighted by Gasteiger charge is -2.12. The van der Waals surface area contributed by atoms with Crippen molar-refractivity contribution in [2.24, 2.45) is 0 Å². The Morgan fingerprint density at radius 2 is 2.40 bits per heavy atom. The zero-order chi connectivity index (χ0) is 15.0. The summed E-state index contributed by atoms with van der Waals surface area (Å²) in [7, 11) is 0. The quantitative estimate of drug-likeness (QED) is 0.827. The van der Waals surface area contributed by atoms with Crippen molar-refractivity contribution in [2.45, 2.75) is 26.2 Å². The first-order chi connectivity index (χ1) is 9.19. The van der Waals surface area contributed by atoms with Gasteiger partial charge in [-0.25, -0.2) is 0 Å². The van der Waals surface area contributed by atoms with Gasteiger partial charge in [0.15, 0.2) is 11.5 Å². The van der Waals surface area contributed by atoms with Gasteiger partial charge in [-0.1, -0.05) is 12.9 Å². The van der Waals surface area contributed by atoms with Crippen LogP contribution in [0.1, 0.15) is 26.2 Å². The highest BCUT2D eigenvalue weighted by molar-refractivity contribution is 5.44. The zero-order valence-corrected chi connectivity index (χ0v) is 8.54. The maximum absolute atomic E-state index is 7.54. The Bertz CT molecular complexity index is 489. The lowest BCUT2D eigenvalue weighted by molar-refractivity contribution is 0.174. The number of rotatable bonds is 4. The molecule has 15 heavy (non-hydrogen) atoms. The smallest absolute Gasteiger partial charge is 0.231 e. The third kappa shape index (κ3) is 2.42. The van der Waals surface area contributed by atoms with Gasteiger partial charge in [0.1, 0.15) is 0 Å². The molecule has 0 aromatic heterocycles. The molecule has 0 amide bonds. The van der Waals surface area contributed by atoms with E-state index in [1.54, 1.807) is 13.0 Å². The van der Waals surface area contributed by atoms with Crippen molar-refractivity contribution in [1.82, 2.24) is 5.32 Å². The van der Waals surface area contributed by atoms with Gasteiger partial charge >= 0.3 is 0 Å². The molecule has 1 aliphatic rings. The van der Waals surface area contributed by atoms with Crippen LogP contribution in [0.15, 0.2) is 18.2 Å². The van der Waals surface area contributed by atoms with Crippen molar-refractivity contribution in [1.29, 1.82) is 0 Å². The summed E-state index contributed by atoms with van der Waals surface area (Å²) < 4.78 is 47.1. The molecule has 3 nitrogen and oxygen atoms in total. The molecule has 0 radical (unpaired) electrons. The number of likely N-dealkylation sites (N-methyl/N-ethyl adjacent to an activating group) is 1. The molecule has 1 heterocycles. The highest BCUT2D eigenvalue weighted by Gasteiger charge is 2.13. The lowest BCUT2D eigenvalue weighted by atomic mass is 10.1. The van der Waals surface area contributed by atoms with Crippen LogP contribution in [0, 0.1) is 0 Å². The monoisotopic (exact) mass is 212 g/mol. The minimum Gasteiger partial charge on any atom is -0.454 e. The molecule has 1 atom stereocenters. The molecule has 0 fully saturated rings. The first-order valence-corrected chi connectivity index (χ1v) is 4.85. The van der Waals surface area contributed by atoms with Gasteiger partial charge in [0.25, 0.3) is 0 Å². The Morgan fingerprint density at radius 3 is 3.27 bits per heavy atom. The van der Waals surface area contributed by atoms with Crippen molar-refractivity contribution in [3.05, 3.63) is 23.8 Å². The van der Waals surface area contributed by atoms with Crippen LogP contribution in [0.3, 0.4) is 0 Å². The molecule has 82 valence electrons. The molecule has 1 aliphatic heterocycles. The van der Waals surface area contributed by atoms with Crippen LogP contribution in [0.25, 0.3) is 0 Å². The van der Waals surface area contributed by atoms with Crippen LogP contribution in [0.5, 0.6) is 11.5 Å². The number of fused-ring (bicyclic) bond motifs is 1. The minimum absolute atomic E-state index is 0.203. The van der Waals surface area contributed by atoms with E-state index in [0.717, 1.165) is 5.56 Å². The van der Waals surface area contributed by atoms with E-state index in [-0.39, 0.29) is 12.8 Å². The number of hydrogen-bond donors (Lipinski definition) is 1. The van der Waals surface area contributed by atoms with Crippen molar-refractivity contribution in [3.63, 3.8) is 0 Å². The van der Waals surface area contributed by atoms with Crippen molar-refractivity contribution < 1.29 is 16.3 Å². The summed E-state index contributed by atoms with van der Waals surface area (Å²) in [4.78, 5) is 0. The second kappa shape index (κ2) is 4.53. The highest BCUT2D eigenvalue weighted by Crippen LogP contribution is 2.32. The average molecular weight is 212 g/mol. The number of ether oxygens (including phenoxy) is 2. The van der Waals surface area contributed by atoms with E-state index >= 15 is 0 Å². The van der Waals surface area contributed by atoms with E-state index in [0.29, 0.717) is 17.9 Å². The average Bonchev–Trinajstić information content (AvgIpc) is 2.73.